The molecule has 1 unspecified atom stereocenters. The monoisotopic (exact) mass is 296 g/mol. The number of carboxylic acid groups (broad SMARTS) is 1. The summed E-state index contributed by atoms with van der Waals surface area (Å²) >= 11 is 0. The van der Waals surface area contributed by atoms with E-state index in [1.807, 2.05) is 26.8 Å². The zero-order chi connectivity index (χ0) is 16.4. The average Bonchev–Trinajstić information content (AvgIpc) is 2.43. The van der Waals surface area contributed by atoms with Crippen LogP contribution in [-0.4, -0.2) is 21.9 Å². The number of hydrazone groups is 1. The first kappa shape index (κ1) is 18.7. The molecule has 0 saturated carbocycles. The Morgan fingerprint density at radius 2 is 2.10 bits per heavy atom. The van der Waals surface area contributed by atoms with E-state index in [-0.39, 0.29) is 12.3 Å². The molecule has 0 radical (unpaired) electrons. The number of anilines is 1. The Bertz CT molecular complexity index is 437. The smallest absolute Gasteiger partial charge is 0.307 e. The number of nitrogens with zero attached hydrogens (tertiary/aromatic N) is 2. The summed E-state index contributed by atoms with van der Waals surface area (Å²) in [5, 5.41) is 12.1. The Morgan fingerprint density at radius 1 is 1.48 bits per heavy atom. The second-order valence-electron chi connectivity index (χ2n) is 4.87. The fraction of sp³-hybridized carbons (Fsp3) is 0.462. The van der Waals surface area contributed by atoms with E-state index in [0.29, 0.717) is 11.7 Å². The quantitative estimate of drug-likeness (QED) is 0.234. The number of nitrogens with one attached hydrogen (secondary N) is 1. The van der Waals surface area contributed by atoms with E-state index < -0.39 is 11.9 Å². The van der Waals surface area contributed by atoms with Crippen LogP contribution in [0.5, 0.6) is 0 Å². The molecule has 0 aliphatic heterocycles. The Balaban J connectivity index is 0.000000423. The average molecular weight is 296 g/mol. The largest absolute Gasteiger partial charge is 0.481 e. The molecule has 0 aromatic carbocycles. The van der Waals surface area contributed by atoms with Gasteiger partial charge in [-0.05, 0) is 24.5 Å². The number of aryl methyl sites for hydroxylation is 1. The molecular formula is C13H24N6O2. The van der Waals surface area contributed by atoms with Gasteiger partial charge in [0.1, 0.15) is 11.7 Å². The number of aliphatic carboxylic acids is 1. The van der Waals surface area contributed by atoms with Gasteiger partial charge in [-0.15, -0.1) is 0 Å². The van der Waals surface area contributed by atoms with Gasteiger partial charge < -0.3 is 22.1 Å². The van der Waals surface area contributed by atoms with Gasteiger partial charge in [0.15, 0.2) is 0 Å². The zero-order valence-electron chi connectivity index (χ0n) is 12.6. The number of amidine groups is 1. The zero-order valence-corrected chi connectivity index (χ0v) is 12.6. The van der Waals surface area contributed by atoms with Crippen molar-refractivity contribution in [1.82, 2.24) is 10.4 Å². The maximum Gasteiger partial charge on any atom is 0.307 e. The molecule has 21 heavy (non-hydrogen) atoms. The van der Waals surface area contributed by atoms with Crippen LogP contribution in [0.2, 0.25) is 0 Å². The van der Waals surface area contributed by atoms with Crippen molar-refractivity contribution in [3.63, 3.8) is 0 Å². The fourth-order valence-corrected chi connectivity index (χ4v) is 1.44. The molecule has 1 heterocycles. The molecule has 0 aliphatic carbocycles. The fourth-order valence-electron chi connectivity index (χ4n) is 1.44. The number of rotatable bonds is 4. The summed E-state index contributed by atoms with van der Waals surface area (Å²) in [6, 6.07) is 3.72. The number of nitrogen functional groups attached to an aromatic ring is 1. The van der Waals surface area contributed by atoms with E-state index in [1.54, 1.807) is 12.3 Å². The van der Waals surface area contributed by atoms with Gasteiger partial charge in [-0.2, -0.15) is 5.10 Å². The molecule has 8 nitrogen and oxygen atoms in total. The number of nitrogens with two attached hydrogens (primary N) is 3. The standard InChI is InChI=1S/C7H16N4O2.C6H8N2/c1-4(2)5(7(12)13)3-6(10-8)11-9;1-5-2-3-6(7)8-4-5/h4-5H,3,8-9H2,1-2H3,(H,10,11)(H,12,13);2-4H,1H3,(H2,7,8). The lowest BCUT2D eigenvalue weighted by Gasteiger charge is -2.16. The highest BCUT2D eigenvalue weighted by atomic mass is 16.4. The van der Waals surface area contributed by atoms with Crippen molar-refractivity contribution in [1.29, 1.82) is 0 Å². The van der Waals surface area contributed by atoms with E-state index in [1.165, 1.54) is 0 Å². The summed E-state index contributed by atoms with van der Waals surface area (Å²) in [4.78, 5) is 14.6. The van der Waals surface area contributed by atoms with Crippen molar-refractivity contribution in [2.24, 2.45) is 28.6 Å². The van der Waals surface area contributed by atoms with Gasteiger partial charge in [0.2, 0.25) is 0 Å². The molecule has 8 heteroatoms. The van der Waals surface area contributed by atoms with Gasteiger partial charge in [-0.25, -0.2) is 10.8 Å². The van der Waals surface area contributed by atoms with Crippen LogP contribution in [0, 0.1) is 18.8 Å². The summed E-state index contributed by atoms with van der Waals surface area (Å²) < 4.78 is 0. The summed E-state index contributed by atoms with van der Waals surface area (Å²) in [5.41, 5.74) is 8.71. The summed E-state index contributed by atoms with van der Waals surface area (Å²) in [6.45, 7) is 5.62. The van der Waals surface area contributed by atoms with Gasteiger partial charge in [-0.1, -0.05) is 19.9 Å². The minimum atomic E-state index is -0.869. The number of hydrogen-bond donors (Lipinski definition) is 5. The predicted octanol–water partition coefficient (Wildman–Crippen LogP) is 0.441. The van der Waals surface area contributed by atoms with Crippen LogP contribution in [0.15, 0.2) is 23.4 Å². The lowest BCUT2D eigenvalue weighted by atomic mass is 9.92. The highest BCUT2D eigenvalue weighted by Gasteiger charge is 2.23. The Kier molecular flexibility index (Phi) is 8.47. The molecule has 0 aliphatic rings. The number of hydrogen-bond acceptors (Lipinski definition) is 6. The summed E-state index contributed by atoms with van der Waals surface area (Å²) in [7, 11) is 0. The van der Waals surface area contributed by atoms with E-state index in [0.717, 1.165) is 5.56 Å². The molecule has 1 rings (SSSR count). The van der Waals surface area contributed by atoms with E-state index in [9.17, 15) is 4.79 Å². The first-order chi connectivity index (χ1) is 9.81. The van der Waals surface area contributed by atoms with Gasteiger partial charge >= 0.3 is 5.97 Å². The molecule has 1 aromatic heterocycles. The minimum Gasteiger partial charge on any atom is -0.481 e. The van der Waals surface area contributed by atoms with Gasteiger partial charge in [0.05, 0.1) is 5.92 Å². The van der Waals surface area contributed by atoms with Crippen molar-refractivity contribution >= 4 is 17.6 Å². The number of pyridine rings is 1. The van der Waals surface area contributed by atoms with Gasteiger partial charge in [0.25, 0.3) is 0 Å². The van der Waals surface area contributed by atoms with Crippen molar-refractivity contribution in [3.05, 3.63) is 23.9 Å². The van der Waals surface area contributed by atoms with Crippen LogP contribution in [0.4, 0.5) is 5.82 Å². The number of carbonyl (C=O) groups is 1. The third kappa shape index (κ3) is 7.73. The lowest BCUT2D eigenvalue weighted by molar-refractivity contribution is -0.142. The number of carboxylic acids is 1. The second kappa shape index (κ2) is 9.54. The number of hydrazine groups is 1. The van der Waals surface area contributed by atoms with E-state index in [4.69, 9.17) is 22.5 Å². The molecule has 118 valence electrons. The SMILES string of the molecule is CC(C)C(C/C(=N/N)NN)C(=O)O.Cc1ccc(N)nc1. The molecule has 1 atom stereocenters. The third-order valence-electron chi connectivity index (χ3n) is 2.79. The first-order valence-corrected chi connectivity index (χ1v) is 6.46. The third-order valence-corrected chi connectivity index (χ3v) is 2.79. The van der Waals surface area contributed by atoms with Gasteiger partial charge in [0, 0.05) is 12.6 Å². The Morgan fingerprint density at radius 3 is 2.38 bits per heavy atom. The lowest BCUT2D eigenvalue weighted by Crippen LogP contribution is -2.35. The molecule has 1 aromatic rings. The molecule has 0 bridgehead atoms. The summed E-state index contributed by atoms with van der Waals surface area (Å²) in [6.07, 6.45) is 1.97. The molecule has 0 spiro atoms. The van der Waals surface area contributed by atoms with Crippen LogP contribution >= 0.6 is 0 Å². The normalized spacial score (nSPS) is 12.3. The highest BCUT2D eigenvalue weighted by molar-refractivity contribution is 5.85. The van der Waals surface area contributed by atoms with Crippen molar-refractivity contribution < 1.29 is 9.90 Å². The maximum absolute atomic E-state index is 10.7. The van der Waals surface area contributed by atoms with Crippen LogP contribution in [0.1, 0.15) is 25.8 Å². The van der Waals surface area contributed by atoms with Crippen LogP contribution in [-0.2, 0) is 4.79 Å². The summed E-state index contributed by atoms with van der Waals surface area (Å²) in [5.74, 6) is 9.57. The molecule has 0 fully saturated rings. The highest BCUT2D eigenvalue weighted by Crippen LogP contribution is 2.15. The molecular weight excluding hydrogens is 272 g/mol. The van der Waals surface area contributed by atoms with Crippen LogP contribution < -0.4 is 22.8 Å². The Hall–Kier alpha value is -2.35. The van der Waals surface area contributed by atoms with Gasteiger partial charge in [-0.3, -0.25) is 4.79 Å². The molecule has 8 N–H and O–H groups in total. The van der Waals surface area contributed by atoms with E-state index in [2.05, 4.69) is 15.5 Å². The first-order valence-electron chi connectivity index (χ1n) is 6.46. The second-order valence-corrected chi connectivity index (χ2v) is 4.87. The maximum atomic E-state index is 10.7. The molecule has 0 amide bonds. The van der Waals surface area contributed by atoms with Crippen molar-refractivity contribution in [3.8, 4) is 0 Å². The predicted molar refractivity (Wildman–Crippen MR) is 82.9 cm³/mol. The number of aromatic nitrogens is 1. The van der Waals surface area contributed by atoms with Crippen LogP contribution in [0.25, 0.3) is 0 Å². The van der Waals surface area contributed by atoms with Crippen molar-refractivity contribution in [2.75, 3.05) is 5.73 Å². The molecule has 0 saturated heterocycles. The minimum absolute atomic E-state index is 0.0163. The van der Waals surface area contributed by atoms with Crippen LogP contribution in [0.3, 0.4) is 0 Å². The Labute approximate surface area is 124 Å². The van der Waals surface area contributed by atoms with E-state index >= 15 is 0 Å². The topological polar surface area (TPSA) is 153 Å². The van der Waals surface area contributed by atoms with Crippen molar-refractivity contribution in [2.45, 2.75) is 27.2 Å².